The second-order valence-corrected chi connectivity index (χ2v) is 4.65. The summed E-state index contributed by atoms with van der Waals surface area (Å²) in [6.45, 7) is 2.13. The zero-order valence-electron chi connectivity index (χ0n) is 9.18. The number of hydrogen-bond acceptors (Lipinski definition) is 4. The van der Waals surface area contributed by atoms with Gasteiger partial charge in [0, 0.05) is 5.25 Å². The molecule has 0 saturated heterocycles. The molecule has 1 heterocycles. The van der Waals surface area contributed by atoms with E-state index in [-0.39, 0.29) is 0 Å². The van der Waals surface area contributed by atoms with Crippen LogP contribution < -0.4 is 4.74 Å². The average Bonchev–Trinajstić information content (AvgIpc) is 2.82. The molecule has 1 aromatic carbocycles. The van der Waals surface area contributed by atoms with Crippen molar-refractivity contribution in [1.29, 1.82) is 0 Å². The molecule has 1 aromatic heterocycles. The quantitative estimate of drug-likeness (QED) is 0.828. The van der Waals surface area contributed by atoms with Gasteiger partial charge >= 0.3 is 0 Å². The van der Waals surface area contributed by atoms with Crippen LogP contribution in [0.2, 0.25) is 0 Å². The lowest BCUT2D eigenvalue weighted by Gasteiger charge is -2.09. The Morgan fingerprint density at radius 3 is 2.62 bits per heavy atom. The van der Waals surface area contributed by atoms with Gasteiger partial charge in [0.25, 0.3) is 0 Å². The largest absolute Gasteiger partial charge is 0.497 e. The summed E-state index contributed by atoms with van der Waals surface area (Å²) >= 11 is 1.65. The van der Waals surface area contributed by atoms with Crippen LogP contribution in [0.15, 0.2) is 35.7 Å². The summed E-state index contributed by atoms with van der Waals surface area (Å²) in [5.41, 5.74) is 1.24. The second kappa shape index (κ2) is 5.03. The number of aromatic amines is 1. The van der Waals surface area contributed by atoms with Crippen molar-refractivity contribution in [3.05, 3.63) is 36.2 Å². The first-order valence-electron chi connectivity index (χ1n) is 4.95. The van der Waals surface area contributed by atoms with Crippen molar-refractivity contribution in [3.63, 3.8) is 0 Å². The number of nitrogens with zero attached hydrogens (tertiary/aromatic N) is 2. The molecule has 0 aliphatic carbocycles. The van der Waals surface area contributed by atoms with Crippen LogP contribution in [-0.2, 0) is 0 Å². The molecule has 0 spiro atoms. The number of H-pyrrole nitrogens is 1. The molecule has 16 heavy (non-hydrogen) atoms. The molecule has 1 N–H and O–H groups in total. The Labute approximate surface area is 98.4 Å². The van der Waals surface area contributed by atoms with E-state index in [1.807, 2.05) is 12.1 Å². The highest BCUT2D eigenvalue weighted by Crippen LogP contribution is 2.32. The van der Waals surface area contributed by atoms with E-state index in [0.29, 0.717) is 5.25 Å². The number of ether oxygens (including phenoxy) is 1. The molecule has 1 unspecified atom stereocenters. The number of aromatic nitrogens is 3. The van der Waals surface area contributed by atoms with Crippen molar-refractivity contribution in [2.45, 2.75) is 17.3 Å². The van der Waals surface area contributed by atoms with E-state index in [1.165, 1.54) is 11.9 Å². The molecule has 0 amide bonds. The fourth-order valence-electron chi connectivity index (χ4n) is 1.36. The van der Waals surface area contributed by atoms with Crippen molar-refractivity contribution in [2.75, 3.05) is 7.11 Å². The molecule has 0 bridgehead atoms. The maximum atomic E-state index is 5.12. The third kappa shape index (κ3) is 2.55. The minimum Gasteiger partial charge on any atom is -0.497 e. The fourth-order valence-corrected chi connectivity index (χ4v) is 2.20. The standard InChI is InChI=1S/C11H13N3OS/c1-8(16-11-12-7-13-14-11)9-3-5-10(15-2)6-4-9/h3-8H,1-2H3,(H,12,13,14). The number of benzene rings is 1. The van der Waals surface area contributed by atoms with Crippen molar-refractivity contribution < 1.29 is 4.74 Å². The van der Waals surface area contributed by atoms with Gasteiger partial charge in [-0.05, 0) is 24.6 Å². The van der Waals surface area contributed by atoms with Crippen molar-refractivity contribution in [2.24, 2.45) is 0 Å². The van der Waals surface area contributed by atoms with E-state index in [9.17, 15) is 0 Å². The highest BCUT2D eigenvalue weighted by molar-refractivity contribution is 7.99. The Kier molecular flexibility index (Phi) is 3.46. The van der Waals surface area contributed by atoms with Crippen LogP contribution >= 0.6 is 11.8 Å². The van der Waals surface area contributed by atoms with E-state index in [1.54, 1.807) is 18.9 Å². The van der Waals surface area contributed by atoms with Gasteiger partial charge in [-0.3, -0.25) is 5.10 Å². The van der Waals surface area contributed by atoms with Crippen LogP contribution in [0.1, 0.15) is 17.7 Å². The zero-order chi connectivity index (χ0) is 11.4. The Hall–Kier alpha value is -1.49. The average molecular weight is 235 g/mol. The third-order valence-electron chi connectivity index (χ3n) is 2.27. The number of rotatable bonds is 4. The molecular formula is C11H13N3OS. The molecule has 4 nitrogen and oxygen atoms in total. The second-order valence-electron chi connectivity index (χ2n) is 3.32. The van der Waals surface area contributed by atoms with E-state index in [2.05, 4.69) is 34.2 Å². The number of thioether (sulfide) groups is 1. The summed E-state index contributed by atoms with van der Waals surface area (Å²) in [4.78, 5) is 4.09. The van der Waals surface area contributed by atoms with Gasteiger partial charge in [-0.2, -0.15) is 5.10 Å². The minimum atomic E-state index is 0.332. The minimum absolute atomic E-state index is 0.332. The van der Waals surface area contributed by atoms with E-state index in [0.717, 1.165) is 10.9 Å². The van der Waals surface area contributed by atoms with Crippen LogP contribution in [0.3, 0.4) is 0 Å². The van der Waals surface area contributed by atoms with Crippen molar-refractivity contribution >= 4 is 11.8 Å². The molecular weight excluding hydrogens is 222 g/mol. The SMILES string of the molecule is COc1ccc(C(C)Sc2ncn[nH]2)cc1. The summed E-state index contributed by atoms with van der Waals surface area (Å²) in [6.07, 6.45) is 1.52. The van der Waals surface area contributed by atoms with Gasteiger partial charge in [-0.1, -0.05) is 23.9 Å². The van der Waals surface area contributed by atoms with E-state index < -0.39 is 0 Å². The maximum absolute atomic E-state index is 5.12. The van der Waals surface area contributed by atoms with Crippen molar-refractivity contribution in [3.8, 4) is 5.75 Å². The highest BCUT2D eigenvalue weighted by Gasteiger charge is 2.09. The Morgan fingerprint density at radius 2 is 2.06 bits per heavy atom. The molecule has 0 fully saturated rings. The molecule has 0 radical (unpaired) electrons. The summed E-state index contributed by atoms with van der Waals surface area (Å²) in [5, 5.41) is 7.83. The first-order valence-corrected chi connectivity index (χ1v) is 5.83. The summed E-state index contributed by atoms with van der Waals surface area (Å²) in [7, 11) is 1.67. The van der Waals surface area contributed by atoms with Gasteiger partial charge in [-0.25, -0.2) is 4.98 Å². The van der Waals surface area contributed by atoms with Crippen molar-refractivity contribution in [1.82, 2.24) is 15.2 Å². The Bertz CT molecular complexity index is 427. The number of nitrogens with one attached hydrogen (secondary N) is 1. The van der Waals surface area contributed by atoms with Crippen LogP contribution in [0.5, 0.6) is 5.75 Å². The molecule has 0 saturated carbocycles. The van der Waals surface area contributed by atoms with Crippen LogP contribution in [0, 0.1) is 0 Å². The van der Waals surface area contributed by atoms with Crippen LogP contribution in [0.25, 0.3) is 0 Å². The molecule has 0 aliphatic heterocycles. The molecule has 2 aromatic rings. The lowest BCUT2D eigenvalue weighted by atomic mass is 10.2. The van der Waals surface area contributed by atoms with Gasteiger partial charge in [-0.15, -0.1) is 0 Å². The third-order valence-corrected chi connectivity index (χ3v) is 3.31. The van der Waals surface area contributed by atoms with Crippen LogP contribution in [0.4, 0.5) is 0 Å². The summed E-state index contributed by atoms with van der Waals surface area (Å²) in [6, 6.07) is 8.05. The Morgan fingerprint density at radius 1 is 1.31 bits per heavy atom. The smallest absolute Gasteiger partial charge is 0.183 e. The Balaban J connectivity index is 2.05. The normalized spacial score (nSPS) is 12.4. The molecule has 5 heteroatoms. The predicted octanol–water partition coefficient (Wildman–Crippen LogP) is 2.67. The van der Waals surface area contributed by atoms with Gasteiger partial charge in [0.2, 0.25) is 0 Å². The van der Waals surface area contributed by atoms with E-state index in [4.69, 9.17) is 4.74 Å². The first-order chi connectivity index (χ1) is 7.79. The van der Waals surface area contributed by atoms with Gasteiger partial charge in [0.05, 0.1) is 7.11 Å². The molecule has 2 rings (SSSR count). The number of methoxy groups -OCH3 is 1. The molecule has 84 valence electrons. The van der Waals surface area contributed by atoms with E-state index >= 15 is 0 Å². The highest BCUT2D eigenvalue weighted by atomic mass is 32.2. The topological polar surface area (TPSA) is 50.8 Å². The lowest BCUT2D eigenvalue weighted by Crippen LogP contribution is -1.90. The maximum Gasteiger partial charge on any atom is 0.183 e. The van der Waals surface area contributed by atoms with Gasteiger partial charge in [0.15, 0.2) is 5.16 Å². The van der Waals surface area contributed by atoms with Crippen LogP contribution in [-0.4, -0.2) is 22.3 Å². The zero-order valence-corrected chi connectivity index (χ0v) is 9.99. The number of hydrogen-bond donors (Lipinski definition) is 1. The first kappa shape index (κ1) is 11.0. The van der Waals surface area contributed by atoms with Gasteiger partial charge in [0.1, 0.15) is 12.1 Å². The summed E-state index contributed by atoms with van der Waals surface area (Å²) in [5.74, 6) is 0.876. The summed E-state index contributed by atoms with van der Waals surface area (Å²) < 4.78 is 5.12. The fraction of sp³-hybridized carbons (Fsp3) is 0.273. The van der Waals surface area contributed by atoms with Gasteiger partial charge < -0.3 is 4.74 Å². The monoisotopic (exact) mass is 235 g/mol. The molecule has 1 atom stereocenters. The lowest BCUT2D eigenvalue weighted by molar-refractivity contribution is 0.414. The molecule has 0 aliphatic rings. The predicted molar refractivity (Wildman–Crippen MR) is 63.6 cm³/mol.